The Labute approximate surface area is 152 Å². The van der Waals surface area contributed by atoms with Crippen LogP contribution in [-0.4, -0.2) is 24.2 Å². The first-order valence-corrected chi connectivity index (χ1v) is 9.32. The zero-order chi connectivity index (χ0) is 18.2. The van der Waals surface area contributed by atoms with Gasteiger partial charge in [-0.05, 0) is 18.9 Å². The highest BCUT2D eigenvalue weighted by Gasteiger charge is 2.29. The fraction of sp³-hybridized carbons (Fsp3) is 0.421. The van der Waals surface area contributed by atoms with E-state index in [0.717, 1.165) is 35.7 Å². The lowest BCUT2D eigenvalue weighted by molar-refractivity contribution is -0.140. The highest BCUT2D eigenvalue weighted by molar-refractivity contribution is 8.03. The van der Waals surface area contributed by atoms with Gasteiger partial charge in [0.05, 0.1) is 29.0 Å². The van der Waals surface area contributed by atoms with Crippen LogP contribution in [0.3, 0.4) is 0 Å². The summed E-state index contributed by atoms with van der Waals surface area (Å²) in [6.45, 7) is 4.41. The normalized spacial score (nSPS) is 17.0. The summed E-state index contributed by atoms with van der Waals surface area (Å²) >= 11 is 1.15. The van der Waals surface area contributed by atoms with Gasteiger partial charge in [-0.2, -0.15) is 5.26 Å². The Bertz CT molecular complexity index is 704. The van der Waals surface area contributed by atoms with E-state index in [-0.39, 0.29) is 30.0 Å². The van der Waals surface area contributed by atoms with E-state index in [1.807, 2.05) is 38.1 Å². The molecule has 1 aliphatic heterocycles. The first-order valence-electron chi connectivity index (χ1n) is 8.34. The van der Waals surface area contributed by atoms with Gasteiger partial charge in [-0.15, -0.1) is 0 Å². The van der Waals surface area contributed by atoms with E-state index in [1.165, 1.54) is 0 Å². The van der Waals surface area contributed by atoms with Crippen molar-refractivity contribution in [3.63, 3.8) is 0 Å². The van der Waals surface area contributed by atoms with Gasteiger partial charge in [0.2, 0.25) is 5.91 Å². The van der Waals surface area contributed by atoms with Gasteiger partial charge in [0.25, 0.3) is 0 Å². The number of hydrogen-bond acceptors (Lipinski definition) is 5. The molecule has 1 atom stereocenters. The minimum Gasteiger partial charge on any atom is -0.465 e. The van der Waals surface area contributed by atoms with Crippen molar-refractivity contribution in [3.05, 3.63) is 46.0 Å². The maximum atomic E-state index is 12.1. The number of nitrogens with zero attached hydrogens (tertiary/aromatic N) is 1. The van der Waals surface area contributed by atoms with Crippen LogP contribution in [0.2, 0.25) is 0 Å². The third-order valence-corrected chi connectivity index (χ3v) is 4.92. The maximum Gasteiger partial charge on any atom is 0.316 e. The number of amides is 1. The summed E-state index contributed by atoms with van der Waals surface area (Å²) in [7, 11) is 0. The first kappa shape index (κ1) is 19.1. The Morgan fingerprint density at radius 1 is 1.40 bits per heavy atom. The van der Waals surface area contributed by atoms with Crippen molar-refractivity contribution in [3.8, 4) is 6.07 Å². The molecule has 0 saturated heterocycles. The van der Waals surface area contributed by atoms with Crippen LogP contribution in [0, 0.1) is 18.3 Å². The molecule has 0 aromatic heterocycles. The molecule has 25 heavy (non-hydrogen) atoms. The minimum atomic E-state index is -0.338. The zero-order valence-corrected chi connectivity index (χ0v) is 15.3. The van der Waals surface area contributed by atoms with Crippen molar-refractivity contribution in [1.82, 2.24) is 5.32 Å². The Hall–Kier alpha value is -2.26. The molecule has 2 rings (SSSR count). The van der Waals surface area contributed by atoms with Gasteiger partial charge >= 0.3 is 5.97 Å². The summed E-state index contributed by atoms with van der Waals surface area (Å²) in [5.41, 5.74) is 2.55. The number of nitrogens with one attached hydrogen (secondary N) is 1. The van der Waals surface area contributed by atoms with Gasteiger partial charge in [0.15, 0.2) is 0 Å². The molecule has 1 N–H and O–H groups in total. The van der Waals surface area contributed by atoms with E-state index in [4.69, 9.17) is 4.74 Å². The number of unbranched alkanes of at least 4 members (excludes halogenated alkanes) is 1. The number of esters is 1. The molecule has 1 aromatic carbocycles. The molecule has 5 nitrogen and oxygen atoms in total. The summed E-state index contributed by atoms with van der Waals surface area (Å²) < 4.78 is 5.12. The number of benzene rings is 1. The molecule has 1 aromatic rings. The third-order valence-electron chi connectivity index (χ3n) is 3.93. The van der Waals surface area contributed by atoms with Crippen LogP contribution in [0.5, 0.6) is 0 Å². The van der Waals surface area contributed by atoms with Crippen LogP contribution in [0.25, 0.3) is 0 Å². The maximum absolute atomic E-state index is 12.1. The number of carbonyl (C=O) groups is 2. The highest BCUT2D eigenvalue weighted by atomic mass is 32.2. The van der Waals surface area contributed by atoms with Crippen LogP contribution in [-0.2, 0) is 14.3 Å². The molecule has 0 fully saturated rings. The summed E-state index contributed by atoms with van der Waals surface area (Å²) in [4.78, 5) is 23.8. The molecule has 0 unspecified atom stereocenters. The van der Waals surface area contributed by atoms with E-state index >= 15 is 0 Å². The second-order valence-electron chi connectivity index (χ2n) is 5.93. The van der Waals surface area contributed by atoms with Crippen LogP contribution >= 0.6 is 11.8 Å². The molecule has 6 heteroatoms. The Balaban J connectivity index is 2.13. The first-order chi connectivity index (χ1) is 12.0. The van der Waals surface area contributed by atoms with E-state index in [0.29, 0.717) is 17.2 Å². The molecule has 132 valence electrons. The fourth-order valence-electron chi connectivity index (χ4n) is 2.52. The molecular formula is C19H22N2O3S. The summed E-state index contributed by atoms with van der Waals surface area (Å²) in [6.07, 6.45) is 2.02. The average molecular weight is 358 g/mol. The van der Waals surface area contributed by atoms with Crippen molar-refractivity contribution < 1.29 is 14.3 Å². The van der Waals surface area contributed by atoms with Gasteiger partial charge < -0.3 is 10.1 Å². The van der Waals surface area contributed by atoms with Crippen molar-refractivity contribution in [2.24, 2.45) is 0 Å². The van der Waals surface area contributed by atoms with Crippen molar-refractivity contribution in [2.75, 3.05) is 12.4 Å². The third kappa shape index (κ3) is 5.36. The van der Waals surface area contributed by atoms with Gasteiger partial charge in [-0.1, -0.05) is 54.9 Å². The molecule has 1 aliphatic rings. The number of thioether (sulfide) groups is 1. The molecule has 0 radical (unpaired) electrons. The largest absolute Gasteiger partial charge is 0.465 e. The van der Waals surface area contributed by atoms with Crippen molar-refractivity contribution >= 4 is 23.6 Å². The SMILES string of the molecule is CCCCOC(=O)CSC1=C(C#N)[C@@H](c2ccc(C)cc2)CC(=O)N1. The van der Waals surface area contributed by atoms with Crippen LogP contribution in [0.4, 0.5) is 0 Å². The topological polar surface area (TPSA) is 79.2 Å². The second kappa shape index (κ2) is 9.28. The predicted octanol–water partition coefficient (Wildman–Crippen LogP) is 3.41. The van der Waals surface area contributed by atoms with Crippen LogP contribution in [0.15, 0.2) is 34.9 Å². The fourth-order valence-corrected chi connectivity index (χ4v) is 3.39. The standard InChI is InChI=1S/C19H22N2O3S/c1-3-4-9-24-18(23)12-25-19-16(11-20)15(10-17(22)21-19)14-7-5-13(2)6-8-14/h5-8,15H,3-4,9-10,12H2,1-2H3,(H,21,22)/t15-/m1/s1. The molecule has 1 heterocycles. The lowest BCUT2D eigenvalue weighted by atomic mass is 9.87. The number of hydrogen-bond donors (Lipinski definition) is 1. The van der Waals surface area contributed by atoms with E-state index in [9.17, 15) is 14.9 Å². The van der Waals surface area contributed by atoms with Crippen molar-refractivity contribution in [1.29, 1.82) is 5.26 Å². The van der Waals surface area contributed by atoms with Gasteiger partial charge in [-0.25, -0.2) is 0 Å². The Morgan fingerprint density at radius 2 is 2.12 bits per heavy atom. The van der Waals surface area contributed by atoms with Gasteiger partial charge in [-0.3, -0.25) is 9.59 Å². The van der Waals surface area contributed by atoms with E-state index in [2.05, 4.69) is 11.4 Å². The smallest absolute Gasteiger partial charge is 0.316 e. The predicted molar refractivity (Wildman–Crippen MR) is 97.6 cm³/mol. The number of allylic oxidation sites excluding steroid dienone is 1. The number of nitriles is 1. The lowest BCUT2D eigenvalue weighted by Crippen LogP contribution is -2.31. The number of aryl methyl sites for hydroxylation is 1. The average Bonchev–Trinajstić information content (AvgIpc) is 2.60. The molecule has 1 amide bonds. The molecule has 0 aliphatic carbocycles. The summed E-state index contributed by atoms with van der Waals surface area (Å²) in [5, 5.41) is 12.8. The van der Waals surface area contributed by atoms with Crippen LogP contribution < -0.4 is 5.32 Å². The highest BCUT2D eigenvalue weighted by Crippen LogP contribution is 2.35. The molecule has 0 saturated carbocycles. The molecule has 0 spiro atoms. The summed E-state index contributed by atoms with van der Waals surface area (Å²) in [5.74, 6) is -0.690. The quantitative estimate of drug-likeness (QED) is 0.597. The van der Waals surface area contributed by atoms with Gasteiger partial charge in [0.1, 0.15) is 0 Å². The molecular weight excluding hydrogens is 336 g/mol. The summed E-state index contributed by atoms with van der Waals surface area (Å²) in [6, 6.07) is 10.0. The Morgan fingerprint density at radius 3 is 2.76 bits per heavy atom. The van der Waals surface area contributed by atoms with Crippen molar-refractivity contribution in [2.45, 2.75) is 39.0 Å². The van der Waals surface area contributed by atoms with Crippen LogP contribution in [0.1, 0.15) is 43.2 Å². The monoisotopic (exact) mass is 358 g/mol. The van der Waals surface area contributed by atoms with Gasteiger partial charge in [0, 0.05) is 12.3 Å². The van der Waals surface area contributed by atoms with E-state index < -0.39 is 0 Å². The second-order valence-corrected chi connectivity index (χ2v) is 6.92. The minimum absolute atomic E-state index is 0.0745. The molecule has 0 bridgehead atoms. The number of rotatable bonds is 7. The number of carbonyl (C=O) groups excluding carboxylic acids is 2. The number of ether oxygens (including phenoxy) is 1. The Kier molecular flexibility index (Phi) is 7.08. The van der Waals surface area contributed by atoms with E-state index in [1.54, 1.807) is 0 Å². The lowest BCUT2D eigenvalue weighted by Gasteiger charge is -2.25. The zero-order valence-electron chi connectivity index (χ0n) is 14.5.